The Bertz CT molecular complexity index is 364. The molecule has 1 unspecified atom stereocenters. The van der Waals surface area contributed by atoms with E-state index in [4.69, 9.17) is 9.52 Å². The number of hydrogen-bond acceptors (Lipinski definition) is 4. The molecule has 4 nitrogen and oxygen atoms in total. The standard InChI is InChI=1S/C11H17NO3S/c1-8-9(4-6-15-8)16-7-5-11(2,12-3)10(13)14/h4,6,12H,5,7H2,1-3H3,(H,13,14). The fraction of sp³-hybridized carbons (Fsp3) is 0.545. The second-order valence-corrected chi connectivity index (χ2v) is 4.96. The van der Waals surface area contributed by atoms with Crippen molar-refractivity contribution in [1.82, 2.24) is 5.32 Å². The number of carbonyl (C=O) groups is 1. The molecule has 0 aliphatic heterocycles. The van der Waals surface area contributed by atoms with E-state index in [1.54, 1.807) is 32.0 Å². The summed E-state index contributed by atoms with van der Waals surface area (Å²) in [5.41, 5.74) is -0.857. The van der Waals surface area contributed by atoms with Crippen LogP contribution < -0.4 is 5.32 Å². The summed E-state index contributed by atoms with van der Waals surface area (Å²) in [6, 6.07) is 1.90. The molecule has 0 spiro atoms. The molecule has 0 saturated carbocycles. The van der Waals surface area contributed by atoms with Crippen LogP contribution in [0.4, 0.5) is 0 Å². The van der Waals surface area contributed by atoms with E-state index in [0.717, 1.165) is 16.4 Å². The van der Waals surface area contributed by atoms with Crippen LogP contribution >= 0.6 is 11.8 Å². The van der Waals surface area contributed by atoms with Gasteiger partial charge in [-0.25, -0.2) is 0 Å². The minimum Gasteiger partial charge on any atom is -0.480 e. The van der Waals surface area contributed by atoms with Crippen molar-refractivity contribution < 1.29 is 14.3 Å². The third-order valence-corrected chi connectivity index (χ3v) is 3.84. The van der Waals surface area contributed by atoms with Crippen molar-refractivity contribution >= 4 is 17.7 Å². The van der Waals surface area contributed by atoms with Crippen molar-refractivity contribution in [1.29, 1.82) is 0 Å². The van der Waals surface area contributed by atoms with Gasteiger partial charge in [0.1, 0.15) is 11.3 Å². The van der Waals surface area contributed by atoms with Crippen molar-refractivity contribution in [2.45, 2.75) is 30.7 Å². The summed E-state index contributed by atoms with van der Waals surface area (Å²) < 4.78 is 5.17. The SMILES string of the molecule is CNC(C)(CCSc1ccoc1C)C(=O)O. The van der Waals surface area contributed by atoms with Crippen molar-refractivity contribution in [3.63, 3.8) is 0 Å². The highest BCUT2D eigenvalue weighted by molar-refractivity contribution is 7.99. The van der Waals surface area contributed by atoms with E-state index in [1.165, 1.54) is 0 Å². The number of nitrogens with one attached hydrogen (secondary N) is 1. The van der Waals surface area contributed by atoms with Crippen molar-refractivity contribution in [3.05, 3.63) is 18.1 Å². The number of hydrogen-bond donors (Lipinski definition) is 2. The Balaban J connectivity index is 2.46. The van der Waals surface area contributed by atoms with Crippen molar-refractivity contribution in [2.75, 3.05) is 12.8 Å². The molecule has 0 aliphatic rings. The number of furan rings is 1. The van der Waals surface area contributed by atoms with Gasteiger partial charge in [-0.3, -0.25) is 4.79 Å². The van der Waals surface area contributed by atoms with Crippen LogP contribution in [0.15, 0.2) is 21.6 Å². The molecule has 1 aromatic rings. The lowest BCUT2D eigenvalue weighted by molar-refractivity contribution is -0.144. The Hall–Kier alpha value is -0.940. The van der Waals surface area contributed by atoms with Gasteiger partial charge in [0.2, 0.25) is 0 Å². The fourth-order valence-electron chi connectivity index (χ4n) is 1.23. The van der Waals surface area contributed by atoms with Gasteiger partial charge in [-0.1, -0.05) is 0 Å². The molecule has 1 aromatic heterocycles. The minimum absolute atomic E-state index is 0.564. The Morgan fingerprint density at radius 3 is 2.81 bits per heavy atom. The van der Waals surface area contributed by atoms with Gasteiger partial charge in [0, 0.05) is 10.6 Å². The second kappa shape index (κ2) is 5.41. The number of aliphatic carboxylic acids is 1. The molecule has 1 rings (SSSR count). The highest BCUT2D eigenvalue weighted by atomic mass is 32.2. The highest BCUT2D eigenvalue weighted by Crippen LogP contribution is 2.25. The number of thioether (sulfide) groups is 1. The van der Waals surface area contributed by atoms with E-state index in [0.29, 0.717) is 6.42 Å². The predicted molar refractivity (Wildman–Crippen MR) is 63.9 cm³/mol. The van der Waals surface area contributed by atoms with E-state index in [1.807, 2.05) is 13.0 Å². The largest absolute Gasteiger partial charge is 0.480 e. The molecule has 0 amide bonds. The number of likely N-dealkylation sites (N-methyl/N-ethyl adjacent to an activating group) is 1. The van der Waals surface area contributed by atoms with E-state index in [9.17, 15) is 4.79 Å². The summed E-state index contributed by atoms with van der Waals surface area (Å²) in [5.74, 6) is 0.801. The first-order valence-electron chi connectivity index (χ1n) is 5.09. The maximum absolute atomic E-state index is 11.0. The first kappa shape index (κ1) is 13.1. The maximum atomic E-state index is 11.0. The fourth-order valence-corrected chi connectivity index (χ4v) is 2.36. The Labute approximate surface area is 99.4 Å². The molecule has 16 heavy (non-hydrogen) atoms. The van der Waals surface area contributed by atoms with E-state index >= 15 is 0 Å². The van der Waals surface area contributed by atoms with E-state index < -0.39 is 11.5 Å². The minimum atomic E-state index is -0.857. The van der Waals surface area contributed by atoms with Crippen LogP contribution in [-0.2, 0) is 4.79 Å². The average Bonchev–Trinajstić information content (AvgIpc) is 2.64. The van der Waals surface area contributed by atoms with Gasteiger partial charge in [0.15, 0.2) is 0 Å². The Morgan fingerprint density at radius 2 is 2.38 bits per heavy atom. The van der Waals surface area contributed by atoms with Gasteiger partial charge in [0.05, 0.1) is 6.26 Å². The third kappa shape index (κ3) is 3.02. The molecule has 1 heterocycles. The van der Waals surface area contributed by atoms with Crippen LogP contribution in [0.3, 0.4) is 0 Å². The molecule has 1 atom stereocenters. The first-order valence-corrected chi connectivity index (χ1v) is 6.07. The topological polar surface area (TPSA) is 62.5 Å². The summed E-state index contributed by atoms with van der Waals surface area (Å²) in [5, 5.41) is 11.9. The van der Waals surface area contributed by atoms with Gasteiger partial charge < -0.3 is 14.8 Å². The number of carboxylic acid groups (broad SMARTS) is 1. The summed E-state index contributed by atoms with van der Waals surface area (Å²) in [6.07, 6.45) is 2.21. The number of carboxylic acids is 1. The van der Waals surface area contributed by atoms with Gasteiger partial charge in [0.25, 0.3) is 0 Å². The Kier molecular flexibility index (Phi) is 4.44. The normalized spacial score (nSPS) is 14.7. The molecule has 5 heteroatoms. The maximum Gasteiger partial charge on any atom is 0.323 e. The average molecular weight is 243 g/mol. The van der Waals surface area contributed by atoms with Crippen molar-refractivity contribution in [2.24, 2.45) is 0 Å². The lowest BCUT2D eigenvalue weighted by Crippen LogP contribution is -2.47. The quantitative estimate of drug-likeness (QED) is 0.749. The molecular weight excluding hydrogens is 226 g/mol. The van der Waals surface area contributed by atoms with Crippen molar-refractivity contribution in [3.8, 4) is 0 Å². The lowest BCUT2D eigenvalue weighted by Gasteiger charge is -2.23. The number of aryl methyl sites for hydroxylation is 1. The molecule has 2 N–H and O–H groups in total. The zero-order valence-electron chi connectivity index (χ0n) is 9.74. The summed E-state index contributed by atoms with van der Waals surface area (Å²) in [7, 11) is 1.67. The molecule has 0 saturated heterocycles. The molecule has 90 valence electrons. The molecule has 0 aliphatic carbocycles. The van der Waals surface area contributed by atoms with Crippen LogP contribution in [0.1, 0.15) is 19.1 Å². The van der Waals surface area contributed by atoms with Crippen LogP contribution in [0, 0.1) is 6.92 Å². The smallest absolute Gasteiger partial charge is 0.323 e. The summed E-state index contributed by atoms with van der Waals surface area (Å²) in [4.78, 5) is 12.1. The zero-order valence-corrected chi connectivity index (χ0v) is 10.6. The summed E-state index contributed by atoms with van der Waals surface area (Å²) in [6.45, 7) is 3.59. The van der Waals surface area contributed by atoms with Crippen LogP contribution in [0.5, 0.6) is 0 Å². The van der Waals surface area contributed by atoms with Gasteiger partial charge in [-0.05, 0) is 33.4 Å². The van der Waals surface area contributed by atoms with Gasteiger partial charge >= 0.3 is 5.97 Å². The van der Waals surface area contributed by atoms with Gasteiger partial charge in [-0.15, -0.1) is 11.8 Å². The third-order valence-electron chi connectivity index (χ3n) is 2.69. The molecule has 0 bridgehead atoms. The number of rotatable bonds is 6. The molecule has 0 aromatic carbocycles. The van der Waals surface area contributed by atoms with Crippen LogP contribution in [-0.4, -0.2) is 29.4 Å². The van der Waals surface area contributed by atoms with Crippen LogP contribution in [0.2, 0.25) is 0 Å². The van der Waals surface area contributed by atoms with E-state index in [2.05, 4.69) is 5.32 Å². The molecule has 0 fully saturated rings. The Morgan fingerprint density at radius 1 is 1.69 bits per heavy atom. The molecule has 0 radical (unpaired) electrons. The van der Waals surface area contributed by atoms with E-state index in [-0.39, 0.29) is 0 Å². The lowest BCUT2D eigenvalue weighted by atomic mass is 10.00. The second-order valence-electron chi connectivity index (χ2n) is 3.83. The van der Waals surface area contributed by atoms with Gasteiger partial charge in [-0.2, -0.15) is 0 Å². The van der Waals surface area contributed by atoms with Crippen LogP contribution in [0.25, 0.3) is 0 Å². The molecular formula is C11H17NO3S. The zero-order chi connectivity index (χ0) is 12.2. The predicted octanol–water partition coefficient (Wildman–Crippen LogP) is 2.13. The summed E-state index contributed by atoms with van der Waals surface area (Å²) >= 11 is 1.62. The highest BCUT2D eigenvalue weighted by Gasteiger charge is 2.30. The monoisotopic (exact) mass is 243 g/mol. The first-order chi connectivity index (χ1) is 7.49.